The minimum absolute atomic E-state index is 0.0614. The highest BCUT2D eigenvalue weighted by Crippen LogP contribution is 2.43. The van der Waals surface area contributed by atoms with Crippen LogP contribution in [0, 0.1) is 12.3 Å². The summed E-state index contributed by atoms with van der Waals surface area (Å²) >= 11 is 0. The molecule has 0 radical (unpaired) electrons. The molecule has 0 aromatic heterocycles. The number of piperidine rings is 2. The summed E-state index contributed by atoms with van der Waals surface area (Å²) in [5, 5.41) is 0. The molecule has 1 aromatic carbocycles. The third-order valence-electron chi connectivity index (χ3n) is 6.44. The van der Waals surface area contributed by atoms with E-state index in [2.05, 4.69) is 4.90 Å². The first-order valence-electron chi connectivity index (χ1n) is 9.75. The lowest BCUT2D eigenvalue weighted by molar-refractivity contribution is -0.139. The fourth-order valence-electron chi connectivity index (χ4n) is 4.62. The molecular formula is C21H28N2O3. The Kier molecular flexibility index (Phi) is 4.41. The van der Waals surface area contributed by atoms with Gasteiger partial charge in [0.05, 0.1) is 12.7 Å². The Morgan fingerprint density at radius 2 is 1.92 bits per heavy atom. The van der Waals surface area contributed by atoms with Crippen molar-refractivity contribution in [2.24, 2.45) is 5.41 Å². The van der Waals surface area contributed by atoms with E-state index in [1.807, 2.05) is 30.0 Å². The maximum absolute atomic E-state index is 13.0. The molecule has 26 heavy (non-hydrogen) atoms. The molecular weight excluding hydrogens is 328 g/mol. The largest absolute Gasteiger partial charge is 0.496 e. The van der Waals surface area contributed by atoms with Gasteiger partial charge in [0.2, 0.25) is 5.91 Å². The SMILES string of the molecule is COc1c(C)cccc1C(=O)N1CCC2(CCC(=O)N(C3CC3)C2)CC1. The number of carbonyl (C=O) groups excluding carboxylic acids is 2. The van der Waals surface area contributed by atoms with E-state index in [9.17, 15) is 9.59 Å². The standard InChI is InChI=1S/C21H28N2O3/c1-15-4-3-5-17(19(15)26-2)20(25)22-12-10-21(11-13-22)9-8-18(24)23(14-21)16-6-7-16/h3-5,16H,6-14H2,1-2H3. The average Bonchev–Trinajstić information content (AvgIpc) is 3.49. The topological polar surface area (TPSA) is 49.9 Å². The third-order valence-corrected chi connectivity index (χ3v) is 6.44. The van der Waals surface area contributed by atoms with E-state index in [-0.39, 0.29) is 11.3 Å². The fraction of sp³-hybridized carbons (Fsp3) is 0.619. The van der Waals surface area contributed by atoms with Crippen molar-refractivity contribution in [1.82, 2.24) is 9.80 Å². The number of para-hydroxylation sites is 1. The molecule has 1 aromatic rings. The van der Waals surface area contributed by atoms with Crippen LogP contribution in [0.2, 0.25) is 0 Å². The second-order valence-corrected chi connectivity index (χ2v) is 8.20. The summed E-state index contributed by atoms with van der Waals surface area (Å²) in [5.41, 5.74) is 1.85. The lowest BCUT2D eigenvalue weighted by Gasteiger charge is -2.47. The molecule has 2 heterocycles. The van der Waals surface area contributed by atoms with Crippen molar-refractivity contribution in [3.63, 3.8) is 0 Å². The van der Waals surface area contributed by atoms with Gasteiger partial charge >= 0.3 is 0 Å². The minimum atomic E-state index is 0.0614. The Bertz CT molecular complexity index is 718. The van der Waals surface area contributed by atoms with Crippen LogP contribution in [0.25, 0.3) is 0 Å². The first kappa shape index (κ1) is 17.4. The van der Waals surface area contributed by atoms with Crippen LogP contribution in [0.3, 0.4) is 0 Å². The minimum Gasteiger partial charge on any atom is -0.496 e. The van der Waals surface area contributed by atoms with Gasteiger partial charge in [0.1, 0.15) is 5.75 Å². The predicted molar refractivity (Wildman–Crippen MR) is 99.3 cm³/mol. The Morgan fingerprint density at radius 3 is 2.58 bits per heavy atom. The summed E-state index contributed by atoms with van der Waals surface area (Å²) in [6.07, 6.45) is 5.97. The van der Waals surface area contributed by atoms with Gasteiger partial charge in [-0.25, -0.2) is 0 Å². The maximum Gasteiger partial charge on any atom is 0.257 e. The Morgan fingerprint density at radius 1 is 1.19 bits per heavy atom. The van der Waals surface area contributed by atoms with Crippen molar-refractivity contribution in [1.29, 1.82) is 0 Å². The average molecular weight is 356 g/mol. The smallest absolute Gasteiger partial charge is 0.257 e. The van der Waals surface area contributed by atoms with Crippen molar-refractivity contribution in [2.45, 2.75) is 51.5 Å². The Labute approximate surface area is 155 Å². The monoisotopic (exact) mass is 356 g/mol. The van der Waals surface area contributed by atoms with Crippen LogP contribution in [-0.2, 0) is 4.79 Å². The molecule has 1 saturated carbocycles. The van der Waals surface area contributed by atoms with Gasteiger partial charge in [-0.3, -0.25) is 9.59 Å². The van der Waals surface area contributed by atoms with E-state index in [0.717, 1.165) is 44.5 Å². The molecule has 1 aliphatic carbocycles. The van der Waals surface area contributed by atoms with Crippen molar-refractivity contribution < 1.29 is 14.3 Å². The molecule has 0 atom stereocenters. The molecule has 5 heteroatoms. The van der Waals surface area contributed by atoms with Gasteiger partial charge in [-0.05, 0) is 56.1 Å². The van der Waals surface area contributed by atoms with Crippen molar-refractivity contribution >= 4 is 11.8 Å². The quantitative estimate of drug-likeness (QED) is 0.836. The Hall–Kier alpha value is -2.04. The lowest BCUT2D eigenvalue weighted by atomic mass is 9.72. The summed E-state index contributed by atoms with van der Waals surface area (Å²) in [4.78, 5) is 29.3. The van der Waals surface area contributed by atoms with Gasteiger partial charge in [-0.15, -0.1) is 0 Å². The van der Waals surface area contributed by atoms with Crippen molar-refractivity contribution in [3.8, 4) is 5.75 Å². The van der Waals surface area contributed by atoms with Crippen LogP contribution in [0.4, 0.5) is 0 Å². The zero-order valence-electron chi connectivity index (χ0n) is 15.8. The van der Waals surface area contributed by atoms with E-state index in [4.69, 9.17) is 4.74 Å². The number of hydrogen-bond donors (Lipinski definition) is 0. The summed E-state index contributed by atoms with van der Waals surface area (Å²) in [6, 6.07) is 6.23. The number of ether oxygens (including phenoxy) is 1. The summed E-state index contributed by atoms with van der Waals surface area (Å²) in [6.45, 7) is 4.39. The fourth-order valence-corrected chi connectivity index (χ4v) is 4.62. The number of aryl methyl sites for hydroxylation is 1. The zero-order chi connectivity index (χ0) is 18.3. The number of hydrogen-bond acceptors (Lipinski definition) is 3. The van der Waals surface area contributed by atoms with Crippen molar-refractivity contribution in [2.75, 3.05) is 26.7 Å². The van der Waals surface area contributed by atoms with Gasteiger partial charge in [0, 0.05) is 32.1 Å². The number of methoxy groups -OCH3 is 1. The predicted octanol–water partition coefficient (Wildman–Crippen LogP) is 3.01. The summed E-state index contributed by atoms with van der Waals surface area (Å²) in [5.74, 6) is 1.08. The summed E-state index contributed by atoms with van der Waals surface area (Å²) < 4.78 is 5.47. The van der Waals surface area contributed by atoms with E-state index >= 15 is 0 Å². The molecule has 3 aliphatic rings. The van der Waals surface area contributed by atoms with E-state index in [1.54, 1.807) is 7.11 Å². The highest BCUT2D eigenvalue weighted by molar-refractivity contribution is 5.97. The molecule has 2 aliphatic heterocycles. The molecule has 2 amide bonds. The van der Waals surface area contributed by atoms with Crippen LogP contribution in [0.5, 0.6) is 5.75 Å². The van der Waals surface area contributed by atoms with E-state index in [1.165, 1.54) is 12.8 Å². The van der Waals surface area contributed by atoms with Crippen LogP contribution < -0.4 is 4.74 Å². The molecule has 0 bridgehead atoms. The van der Waals surface area contributed by atoms with Crippen LogP contribution >= 0.6 is 0 Å². The van der Waals surface area contributed by atoms with Gasteiger partial charge in [-0.2, -0.15) is 0 Å². The first-order chi connectivity index (χ1) is 12.5. The van der Waals surface area contributed by atoms with E-state index in [0.29, 0.717) is 29.7 Å². The maximum atomic E-state index is 13.0. The van der Waals surface area contributed by atoms with Crippen LogP contribution in [0.1, 0.15) is 54.4 Å². The second kappa shape index (κ2) is 6.60. The van der Waals surface area contributed by atoms with Crippen LogP contribution in [-0.4, -0.2) is 54.4 Å². The number of rotatable bonds is 3. The molecule has 5 nitrogen and oxygen atoms in total. The van der Waals surface area contributed by atoms with Crippen molar-refractivity contribution in [3.05, 3.63) is 29.3 Å². The Balaban J connectivity index is 1.44. The van der Waals surface area contributed by atoms with Gasteiger partial charge in [0.15, 0.2) is 0 Å². The molecule has 140 valence electrons. The molecule has 4 rings (SSSR count). The van der Waals surface area contributed by atoms with Gasteiger partial charge in [-0.1, -0.05) is 12.1 Å². The second-order valence-electron chi connectivity index (χ2n) is 8.20. The van der Waals surface area contributed by atoms with Gasteiger partial charge in [0.25, 0.3) is 5.91 Å². The number of nitrogens with zero attached hydrogens (tertiary/aromatic N) is 2. The molecule has 2 saturated heterocycles. The molecule has 0 N–H and O–H groups in total. The third kappa shape index (κ3) is 3.08. The number of benzene rings is 1. The van der Waals surface area contributed by atoms with Crippen LogP contribution in [0.15, 0.2) is 18.2 Å². The zero-order valence-corrected chi connectivity index (χ0v) is 15.8. The molecule has 3 fully saturated rings. The number of carbonyl (C=O) groups is 2. The van der Waals surface area contributed by atoms with E-state index < -0.39 is 0 Å². The number of amides is 2. The molecule has 1 spiro atoms. The molecule has 0 unspecified atom stereocenters. The lowest BCUT2D eigenvalue weighted by Crippen LogP contribution is -2.52. The highest BCUT2D eigenvalue weighted by atomic mass is 16.5. The summed E-state index contributed by atoms with van der Waals surface area (Å²) in [7, 11) is 1.62. The number of likely N-dealkylation sites (tertiary alicyclic amines) is 2. The van der Waals surface area contributed by atoms with Gasteiger partial charge < -0.3 is 14.5 Å². The normalized spacial score (nSPS) is 22.6. The highest BCUT2D eigenvalue weighted by Gasteiger charge is 2.45. The first-order valence-corrected chi connectivity index (χ1v) is 9.75.